The van der Waals surface area contributed by atoms with Gasteiger partial charge in [0.1, 0.15) is 12.6 Å². The summed E-state index contributed by atoms with van der Waals surface area (Å²) in [5, 5.41) is 11.4. The number of hydrogen-bond acceptors (Lipinski definition) is 2. The second-order valence-corrected chi connectivity index (χ2v) is 7.28. The van der Waals surface area contributed by atoms with Gasteiger partial charge in [-0.15, -0.1) is 0 Å². The van der Waals surface area contributed by atoms with Gasteiger partial charge in [0.25, 0.3) is 0 Å². The van der Waals surface area contributed by atoms with Crippen LogP contribution in [0.4, 0.5) is 5.69 Å². The summed E-state index contributed by atoms with van der Waals surface area (Å²) in [6, 6.07) is 16.2. The minimum absolute atomic E-state index is 0.185. The van der Waals surface area contributed by atoms with E-state index in [1.807, 2.05) is 7.05 Å². The van der Waals surface area contributed by atoms with Gasteiger partial charge in [0, 0.05) is 30.4 Å². The molecule has 2 aromatic carbocycles. The lowest BCUT2D eigenvalue weighted by atomic mass is 9.89. The van der Waals surface area contributed by atoms with Crippen LogP contribution in [0.2, 0.25) is 0 Å². The maximum Gasteiger partial charge on any atom is 0.109 e. The Labute approximate surface area is 151 Å². The smallest absolute Gasteiger partial charge is 0.109 e. The number of aryl methyl sites for hydroxylation is 2. The molecule has 3 heteroatoms. The van der Waals surface area contributed by atoms with Crippen molar-refractivity contribution < 1.29 is 10.4 Å². The lowest BCUT2D eigenvalue weighted by Gasteiger charge is -2.19. The maximum absolute atomic E-state index is 9.03. The SMILES string of the molecule is C[C@@H]([NH2+]Cc1ccc(N(C)CCO)cc1)c1ccc2c(c1)CCCC2. The molecule has 1 atom stereocenters. The molecule has 134 valence electrons. The number of hydrogen-bond donors (Lipinski definition) is 2. The number of rotatable bonds is 7. The number of fused-ring (bicyclic) bond motifs is 1. The van der Waals surface area contributed by atoms with E-state index in [0.717, 1.165) is 12.2 Å². The van der Waals surface area contributed by atoms with Gasteiger partial charge in [0.05, 0.1) is 6.61 Å². The Morgan fingerprint density at radius 3 is 2.48 bits per heavy atom. The Hall–Kier alpha value is -1.84. The third-order valence-corrected chi connectivity index (χ3v) is 5.42. The monoisotopic (exact) mass is 339 g/mol. The Kier molecular flexibility index (Phi) is 6.11. The van der Waals surface area contributed by atoms with Gasteiger partial charge in [-0.3, -0.25) is 0 Å². The molecule has 0 fully saturated rings. The molecule has 25 heavy (non-hydrogen) atoms. The molecule has 0 bridgehead atoms. The van der Waals surface area contributed by atoms with E-state index in [9.17, 15) is 0 Å². The van der Waals surface area contributed by atoms with Crippen molar-refractivity contribution in [1.82, 2.24) is 0 Å². The zero-order valence-corrected chi connectivity index (χ0v) is 15.5. The Balaban J connectivity index is 1.57. The fraction of sp³-hybridized carbons (Fsp3) is 0.455. The molecule has 0 aromatic heterocycles. The van der Waals surface area contributed by atoms with Gasteiger partial charge < -0.3 is 15.3 Å². The van der Waals surface area contributed by atoms with Gasteiger partial charge in [-0.25, -0.2) is 0 Å². The minimum Gasteiger partial charge on any atom is -0.395 e. The van der Waals surface area contributed by atoms with Gasteiger partial charge in [-0.2, -0.15) is 0 Å². The van der Waals surface area contributed by atoms with Crippen LogP contribution in [0.25, 0.3) is 0 Å². The molecule has 0 heterocycles. The molecule has 0 spiro atoms. The van der Waals surface area contributed by atoms with Crippen LogP contribution < -0.4 is 10.2 Å². The molecule has 0 amide bonds. The normalized spacial score (nSPS) is 14.8. The van der Waals surface area contributed by atoms with Crippen LogP contribution in [0, 0.1) is 0 Å². The van der Waals surface area contributed by atoms with Crippen molar-refractivity contribution >= 4 is 5.69 Å². The largest absolute Gasteiger partial charge is 0.395 e. The summed E-state index contributed by atoms with van der Waals surface area (Å²) in [5.41, 5.74) is 7.07. The molecule has 0 aliphatic heterocycles. The van der Waals surface area contributed by atoms with Crippen LogP contribution in [-0.2, 0) is 19.4 Å². The maximum atomic E-state index is 9.03. The molecular weight excluding hydrogens is 308 g/mol. The molecule has 0 saturated heterocycles. The van der Waals surface area contributed by atoms with E-state index in [1.54, 1.807) is 11.1 Å². The summed E-state index contributed by atoms with van der Waals surface area (Å²) in [6.45, 7) is 4.14. The fourth-order valence-corrected chi connectivity index (χ4v) is 3.65. The third kappa shape index (κ3) is 4.62. The number of quaternary nitrogens is 1. The first-order chi connectivity index (χ1) is 12.2. The van der Waals surface area contributed by atoms with Gasteiger partial charge in [-0.1, -0.05) is 24.3 Å². The Morgan fingerprint density at radius 2 is 1.76 bits per heavy atom. The summed E-state index contributed by atoms with van der Waals surface area (Å²) < 4.78 is 0. The first kappa shape index (κ1) is 18.0. The summed E-state index contributed by atoms with van der Waals surface area (Å²) in [4.78, 5) is 2.07. The first-order valence-electron chi connectivity index (χ1n) is 9.53. The predicted molar refractivity (Wildman–Crippen MR) is 104 cm³/mol. The molecule has 0 saturated carbocycles. The second-order valence-electron chi connectivity index (χ2n) is 7.28. The lowest BCUT2D eigenvalue weighted by molar-refractivity contribution is -0.707. The van der Waals surface area contributed by atoms with E-state index in [4.69, 9.17) is 5.11 Å². The number of aliphatic hydroxyl groups is 1. The molecular formula is C22H31N2O+. The third-order valence-electron chi connectivity index (χ3n) is 5.42. The number of benzene rings is 2. The summed E-state index contributed by atoms with van der Waals surface area (Å²) in [7, 11) is 2.01. The topological polar surface area (TPSA) is 40.1 Å². The van der Waals surface area contributed by atoms with E-state index in [0.29, 0.717) is 12.6 Å². The average molecular weight is 340 g/mol. The molecule has 1 aliphatic rings. The summed E-state index contributed by atoms with van der Waals surface area (Å²) in [5.74, 6) is 0. The molecule has 0 unspecified atom stereocenters. The van der Waals surface area contributed by atoms with E-state index in [2.05, 4.69) is 59.6 Å². The highest BCUT2D eigenvalue weighted by Crippen LogP contribution is 2.23. The predicted octanol–water partition coefficient (Wildman–Crippen LogP) is 2.82. The van der Waals surface area contributed by atoms with Crippen molar-refractivity contribution in [2.45, 2.75) is 45.2 Å². The number of anilines is 1. The molecule has 0 radical (unpaired) electrons. The Morgan fingerprint density at radius 1 is 1.04 bits per heavy atom. The van der Waals surface area contributed by atoms with E-state index < -0.39 is 0 Å². The van der Waals surface area contributed by atoms with E-state index in [-0.39, 0.29) is 6.61 Å². The van der Waals surface area contributed by atoms with Crippen LogP contribution in [-0.4, -0.2) is 25.3 Å². The standard InChI is InChI=1S/C22H30N2O/c1-17(20-10-9-19-5-3-4-6-21(19)15-20)23-16-18-7-11-22(12-8-18)24(2)13-14-25/h7-12,15,17,23,25H,3-6,13-14,16H2,1-2H3/p+1/t17-/m1/s1. The van der Waals surface area contributed by atoms with Crippen molar-refractivity contribution in [2.75, 3.05) is 25.1 Å². The summed E-state index contributed by atoms with van der Waals surface area (Å²) in [6.07, 6.45) is 5.19. The van der Waals surface area contributed by atoms with Gasteiger partial charge in [0.2, 0.25) is 0 Å². The van der Waals surface area contributed by atoms with E-state index in [1.165, 1.54) is 36.8 Å². The van der Waals surface area contributed by atoms with Gasteiger partial charge >= 0.3 is 0 Å². The minimum atomic E-state index is 0.185. The quantitative estimate of drug-likeness (QED) is 0.814. The first-order valence-corrected chi connectivity index (χ1v) is 9.53. The van der Waals surface area contributed by atoms with Crippen LogP contribution in [0.1, 0.15) is 48.1 Å². The van der Waals surface area contributed by atoms with Crippen molar-refractivity contribution in [3.8, 4) is 0 Å². The van der Waals surface area contributed by atoms with Gasteiger partial charge in [-0.05, 0) is 61.9 Å². The highest BCUT2D eigenvalue weighted by Gasteiger charge is 2.14. The molecule has 3 nitrogen and oxygen atoms in total. The average Bonchev–Trinajstić information content (AvgIpc) is 2.66. The van der Waals surface area contributed by atoms with Crippen LogP contribution in [0.15, 0.2) is 42.5 Å². The highest BCUT2D eigenvalue weighted by atomic mass is 16.3. The van der Waals surface area contributed by atoms with Crippen LogP contribution in [0.3, 0.4) is 0 Å². The highest BCUT2D eigenvalue weighted by molar-refractivity contribution is 5.46. The van der Waals surface area contributed by atoms with Gasteiger partial charge in [0.15, 0.2) is 0 Å². The van der Waals surface area contributed by atoms with Crippen molar-refractivity contribution in [2.24, 2.45) is 0 Å². The van der Waals surface area contributed by atoms with E-state index >= 15 is 0 Å². The van der Waals surface area contributed by atoms with Crippen LogP contribution in [0.5, 0.6) is 0 Å². The molecule has 3 N–H and O–H groups in total. The lowest BCUT2D eigenvalue weighted by Crippen LogP contribution is -2.83. The fourth-order valence-electron chi connectivity index (χ4n) is 3.65. The molecule has 1 aliphatic carbocycles. The van der Waals surface area contributed by atoms with Crippen molar-refractivity contribution in [3.63, 3.8) is 0 Å². The zero-order valence-electron chi connectivity index (χ0n) is 15.5. The Bertz CT molecular complexity index is 681. The molecule has 3 rings (SSSR count). The number of likely N-dealkylation sites (N-methyl/N-ethyl adjacent to an activating group) is 1. The van der Waals surface area contributed by atoms with Crippen LogP contribution >= 0.6 is 0 Å². The number of nitrogens with zero attached hydrogens (tertiary/aromatic N) is 1. The van der Waals surface area contributed by atoms with Crippen molar-refractivity contribution in [3.05, 3.63) is 64.7 Å². The number of aliphatic hydroxyl groups excluding tert-OH is 1. The zero-order chi connectivity index (χ0) is 17.6. The molecule has 2 aromatic rings. The second kappa shape index (κ2) is 8.50. The number of nitrogens with two attached hydrogens (primary N) is 1. The summed E-state index contributed by atoms with van der Waals surface area (Å²) >= 11 is 0. The van der Waals surface area contributed by atoms with Crippen molar-refractivity contribution in [1.29, 1.82) is 0 Å².